The molecule has 0 spiro atoms. The topological polar surface area (TPSA) is 28.7 Å². The van der Waals surface area contributed by atoms with E-state index in [0.717, 1.165) is 9.22 Å². The molecule has 0 aliphatic carbocycles. The molecule has 3 heteroatoms. The number of rotatable bonds is 0. The van der Waals surface area contributed by atoms with Crippen molar-refractivity contribution >= 4 is 33.5 Å². The Hall–Kier alpha value is -0.580. The van der Waals surface area contributed by atoms with Crippen LogP contribution in [0.15, 0.2) is 18.2 Å². The average molecular weight is 258 g/mol. The highest BCUT2D eigenvalue weighted by molar-refractivity contribution is 14.1. The largest absolute Gasteiger partial charge is 0.271 e. The third-order valence-electron chi connectivity index (χ3n) is 1.74. The van der Waals surface area contributed by atoms with E-state index >= 15 is 0 Å². The first kappa shape index (κ1) is 7.09. The zero-order chi connectivity index (χ0) is 7.84. The van der Waals surface area contributed by atoms with Crippen molar-refractivity contribution in [3.8, 4) is 0 Å². The maximum Gasteiger partial charge on any atom is 0.104 e. The van der Waals surface area contributed by atoms with Crippen LogP contribution >= 0.6 is 22.6 Å². The molecule has 0 saturated heterocycles. The first-order chi connectivity index (χ1) is 5.29. The lowest BCUT2D eigenvalue weighted by Crippen LogP contribution is -1.74. The quantitative estimate of drug-likeness (QED) is 0.722. The van der Waals surface area contributed by atoms with Crippen LogP contribution in [0.3, 0.4) is 0 Å². The Morgan fingerprint density at radius 1 is 1.45 bits per heavy atom. The van der Waals surface area contributed by atoms with Gasteiger partial charge < -0.3 is 0 Å². The molecule has 0 radical (unpaired) electrons. The highest BCUT2D eigenvalue weighted by Crippen LogP contribution is 2.19. The van der Waals surface area contributed by atoms with E-state index < -0.39 is 0 Å². The van der Waals surface area contributed by atoms with E-state index in [2.05, 4.69) is 57.9 Å². The van der Waals surface area contributed by atoms with Gasteiger partial charge in [0.05, 0.1) is 5.52 Å². The smallest absolute Gasteiger partial charge is 0.104 e. The Bertz CT molecular complexity index is 392. The molecule has 0 bridgehead atoms. The van der Waals surface area contributed by atoms with Crippen molar-refractivity contribution in [3.05, 3.63) is 27.5 Å². The van der Waals surface area contributed by atoms with Crippen LogP contribution in [0.1, 0.15) is 5.56 Å². The highest BCUT2D eigenvalue weighted by Gasteiger charge is 2.02. The van der Waals surface area contributed by atoms with Crippen molar-refractivity contribution < 1.29 is 0 Å². The SMILES string of the molecule is Cc1cccc2c(I)[nH]nc12. The average Bonchev–Trinajstić information content (AvgIpc) is 2.35. The lowest BCUT2D eigenvalue weighted by molar-refractivity contribution is 1.09. The molecule has 2 aromatic rings. The van der Waals surface area contributed by atoms with Gasteiger partial charge in [0.1, 0.15) is 3.70 Å². The molecule has 1 aromatic carbocycles. The summed E-state index contributed by atoms with van der Waals surface area (Å²) >= 11 is 2.25. The molecule has 2 nitrogen and oxygen atoms in total. The fourth-order valence-corrected chi connectivity index (χ4v) is 1.71. The van der Waals surface area contributed by atoms with Crippen LogP contribution in [-0.4, -0.2) is 10.2 Å². The molecule has 1 heterocycles. The third-order valence-corrected chi connectivity index (χ3v) is 2.56. The number of hydrogen-bond acceptors (Lipinski definition) is 1. The molecule has 11 heavy (non-hydrogen) atoms. The molecular weight excluding hydrogens is 251 g/mol. The molecule has 0 saturated carbocycles. The van der Waals surface area contributed by atoms with Crippen molar-refractivity contribution in [2.45, 2.75) is 6.92 Å². The molecule has 56 valence electrons. The van der Waals surface area contributed by atoms with Crippen molar-refractivity contribution in [1.82, 2.24) is 10.2 Å². The van der Waals surface area contributed by atoms with Crippen LogP contribution in [0.25, 0.3) is 10.9 Å². The molecule has 0 unspecified atom stereocenters. The second-order valence-electron chi connectivity index (χ2n) is 2.51. The molecule has 1 N–H and O–H groups in total. The zero-order valence-corrected chi connectivity index (χ0v) is 8.21. The number of hydrogen-bond donors (Lipinski definition) is 1. The lowest BCUT2D eigenvalue weighted by atomic mass is 10.2. The number of halogens is 1. The van der Waals surface area contributed by atoms with Crippen molar-refractivity contribution in [2.75, 3.05) is 0 Å². The predicted molar refractivity (Wildman–Crippen MR) is 53.5 cm³/mol. The van der Waals surface area contributed by atoms with Gasteiger partial charge >= 0.3 is 0 Å². The number of aromatic amines is 1. The van der Waals surface area contributed by atoms with Crippen LogP contribution < -0.4 is 0 Å². The van der Waals surface area contributed by atoms with Gasteiger partial charge in [0.2, 0.25) is 0 Å². The summed E-state index contributed by atoms with van der Waals surface area (Å²) in [5.74, 6) is 0. The number of nitrogens with one attached hydrogen (secondary N) is 1. The number of aromatic nitrogens is 2. The van der Waals surface area contributed by atoms with Gasteiger partial charge in [-0.25, -0.2) is 0 Å². The summed E-state index contributed by atoms with van der Waals surface area (Å²) in [7, 11) is 0. The van der Waals surface area contributed by atoms with Crippen molar-refractivity contribution in [3.63, 3.8) is 0 Å². The molecule has 0 atom stereocenters. The fourth-order valence-electron chi connectivity index (χ4n) is 1.15. The maximum atomic E-state index is 4.19. The van der Waals surface area contributed by atoms with Crippen LogP contribution in [-0.2, 0) is 0 Å². The summed E-state index contributed by atoms with van der Waals surface area (Å²) < 4.78 is 1.11. The first-order valence-electron chi connectivity index (χ1n) is 3.38. The summed E-state index contributed by atoms with van der Waals surface area (Å²) in [6.45, 7) is 2.07. The molecule has 1 aromatic heterocycles. The Morgan fingerprint density at radius 3 is 3.00 bits per heavy atom. The summed E-state index contributed by atoms with van der Waals surface area (Å²) in [6.07, 6.45) is 0. The van der Waals surface area contributed by atoms with Crippen molar-refractivity contribution in [1.29, 1.82) is 0 Å². The molecule has 0 fully saturated rings. The van der Waals surface area contributed by atoms with Gasteiger partial charge in [0, 0.05) is 5.39 Å². The molecular formula is C8H7IN2. The van der Waals surface area contributed by atoms with Crippen molar-refractivity contribution in [2.24, 2.45) is 0 Å². The normalized spacial score (nSPS) is 10.7. The minimum atomic E-state index is 1.08. The molecule has 0 aliphatic heterocycles. The van der Waals surface area contributed by atoms with E-state index in [9.17, 15) is 0 Å². The second kappa shape index (κ2) is 2.48. The summed E-state index contributed by atoms with van der Waals surface area (Å²) in [4.78, 5) is 0. The Labute approximate surface area is 78.1 Å². The van der Waals surface area contributed by atoms with Gasteiger partial charge in [-0.2, -0.15) is 5.10 Å². The van der Waals surface area contributed by atoms with Gasteiger partial charge in [0.15, 0.2) is 0 Å². The molecule has 2 rings (SSSR count). The standard InChI is InChI=1S/C8H7IN2/c1-5-3-2-4-6-7(5)10-11-8(6)9/h2-4H,1H3,(H,10,11). The number of H-pyrrole nitrogens is 1. The highest BCUT2D eigenvalue weighted by atomic mass is 127. The van der Waals surface area contributed by atoms with Crippen LogP contribution in [0.5, 0.6) is 0 Å². The van der Waals surface area contributed by atoms with E-state index in [4.69, 9.17) is 0 Å². The third kappa shape index (κ3) is 1.03. The van der Waals surface area contributed by atoms with Crippen LogP contribution in [0.2, 0.25) is 0 Å². The minimum absolute atomic E-state index is 1.08. The van der Waals surface area contributed by atoms with Crippen LogP contribution in [0, 0.1) is 10.6 Å². The molecule has 0 aliphatic rings. The fraction of sp³-hybridized carbons (Fsp3) is 0.125. The summed E-state index contributed by atoms with van der Waals surface area (Å²) in [6, 6.07) is 6.20. The van der Waals surface area contributed by atoms with Gasteiger partial charge in [-0.15, -0.1) is 0 Å². The Morgan fingerprint density at radius 2 is 2.27 bits per heavy atom. The van der Waals surface area contributed by atoms with Gasteiger partial charge in [-0.05, 0) is 35.1 Å². The number of aryl methyl sites for hydroxylation is 1. The maximum absolute atomic E-state index is 4.19. The van der Waals surface area contributed by atoms with Crippen LogP contribution in [0.4, 0.5) is 0 Å². The zero-order valence-electron chi connectivity index (χ0n) is 6.06. The second-order valence-corrected chi connectivity index (χ2v) is 3.59. The first-order valence-corrected chi connectivity index (χ1v) is 4.46. The van der Waals surface area contributed by atoms with E-state index in [1.807, 2.05) is 0 Å². The van der Waals surface area contributed by atoms with Gasteiger partial charge in [-0.1, -0.05) is 18.2 Å². The lowest BCUT2D eigenvalue weighted by Gasteiger charge is -1.91. The Balaban J connectivity index is 2.94. The van der Waals surface area contributed by atoms with Gasteiger partial charge in [0.25, 0.3) is 0 Å². The Kier molecular flexibility index (Phi) is 1.60. The number of para-hydroxylation sites is 1. The van der Waals surface area contributed by atoms with E-state index in [1.54, 1.807) is 0 Å². The number of nitrogens with zero attached hydrogens (tertiary/aromatic N) is 1. The predicted octanol–water partition coefficient (Wildman–Crippen LogP) is 2.48. The monoisotopic (exact) mass is 258 g/mol. The van der Waals surface area contributed by atoms with E-state index in [-0.39, 0.29) is 0 Å². The molecule has 0 amide bonds. The van der Waals surface area contributed by atoms with E-state index in [1.165, 1.54) is 10.9 Å². The number of fused-ring (bicyclic) bond motifs is 1. The minimum Gasteiger partial charge on any atom is -0.271 e. The van der Waals surface area contributed by atoms with E-state index in [0.29, 0.717) is 0 Å². The summed E-state index contributed by atoms with van der Waals surface area (Å²) in [5.41, 5.74) is 2.30. The number of benzene rings is 1. The summed E-state index contributed by atoms with van der Waals surface area (Å²) in [5, 5.41) is 8.35. The van der Waals surface area contributed by atoms with Gasteiger partial charge in [-0.3, -0.25) is 5.10 Å².